The van der Waals surface area contributed by atoms with Crippen LogP contribution in [0.25, 0.3) is 22.4 Å². The Morgan fingerprint density at radius 2 is 1.64 bits per heavy atom. The second-order valence-corrected chi connectivity index (χ2v) is 12.3. The van der Waals surface area contributed by atoms with Gasteiger partial charge in [0.1, 0.15) is 0 Å². The van der Waals surface area contributed by atoms with Crippen LogP contribution in [0.3, 0.4) is 0 Å². The smallest absolute Gasteiger partial charge is 0.226 e. The van der Waals surface area contributed by atoms with Gasteiger partial charge in [0.2, 0.25) is 11.8 Å². The number of anilines is 1. The molecule has 6 nitrogen and oxygen atoms in total. The lowest BCUT2D eigenvalue weighted by atomic mass is 9.83. The number of carbonyl (C=O) groups is 2. The third-order valence-electron chi connectivity index (χ3n) is 8.36. The summed E-state index contributed by atoms with van der Waals surface area (Å²) < 4.78 is 0. The van der Waals surface area contributed by atoms with Gasteiger partial charge in [0.05, 0.1) is 17.6 Å². The number of pyridine rings is 1. The zero-order chi connectivity index (χ0) is 27.6. The molecule has 5 rings (SSSR count). The van der Waals surface area contributed by atoms with Crippen LogP contribution in [0.4, 0.5) is 5.69 Å². The third kappa shape index (κ3) is 6.56. The summed E-state index contributed by atoms with van der Waals surface area (Å²) >= 11 is 0. The number of benzene rings is 2. The minimum Gasteiger partial charge on any atom is -0.353 e. The number of hydrogen-bond donors (Lipinski definition) is 3. The van der Waals surface area contributed by atoms with E-state index in [-0.39, 0.29) is 23.3 Å². The van der Waals surface area contributed by atoms with Crippen LogP contribution in [0.5, 0.6) is 0 Å². The van der Waals surface area contributed by atoms with Crippen LogP contribution < -0.4 is 16.4 Å². The monoisotopic (exact) mass is 524 g/mol. The fourth-order valence-corrected chi connectivity index (χ4v) is 5.42. The van der Waals surface area contributed by atoms with E-state index in [1.807, 2.05) is 57.2 Å². The van der Waals surface area contributed by atoms with Crippen molar-refractivity contribution < 1.29 is 9.59 Å². The number of nitrogens with zero attached hydrogens (tertiary/aromatic N) is 1. The molecule has 1 heterocycles. The highest BCUT2D eigenvalue weighted by Crippen LogP contribution is 2.45. The summed E-state index contributed by atoms with van der Waals surface area (Å²) in [4.78, 5) is 30.2. The maximum Gasteiger partial charge on any atom is 0.226 e. The van der Waals surface area contributed by atoms with E-state index in [1.165, 1.54) is 0 Å². The summed E-state index contributed by atoms with van der Waals surface area (Å²) in [5.74, 6) is 0.546. The zero-order valence-electron chi connectivity index (χ0n) is 23.3. The molecular formula is C33H40N4O2. The molecule has 204 valence electrons. The Labute approximate surface area is 231 Å². The van der Waals surface area contributed by atoms with Crippen molar-refractivity contribution >= 4 is 17.5 Å². The average Bonchev–Trinajstić information content (AvgIpc) is 3.68. The van der Waals surface area contributed by atoms with Gasteiger partial charge in [-0.3, -0.25) is 14.6 Å². The summed E-state index contributed by atoms with van der Waals surface area (Å²) in [6.07, 6.45) is 8.00. The number of amides is 2. The normalized spacial score (nSPS) is 20.2. The zero-order valence-corrected chi connectivity index (χ0v) is 23.3. The first kappa shape index (κ1) is 27.1. The van der Waals surface area contributed by atoms with E-state index in [0.717, 1.165) is 66.5 Å². The minimum absolute atomic E-state index is 0.0102. The molecule has 4 N–H and O–H groups in total. The van der Waals surface area contributed by atoms with E-state index in [2.05, 4.69) is 34.9 Å². The highest BCUT2D eigenvalue weighted by molar-refractivity contribution is 5.93. The predicted molar refractivity (Wildman–Crippen MR) is 157 cm³/mol. The Bertz CT molecular complexity index is 1320. The molecule has 3 aromatic rings. The average molecular weight is 525 g/mol. The molecule has 2 fully saturated rings. The van der Waals surface area contributed by atoms with Crippen molar-refractivity contribution in [2.24, 2.45) is 17.1 Å². The second-order valence-electron chi connectivity index (χ2n) is 12.3. The van der Waals surface area contributed by atoms with Crippen molar-refractivity contribution in [3.63, 3.8) is 0 Å². The summed E-state index contributed by atoms with van der Waals surface area (Å²) in [5, 5.41) is 6.32. The fourth-order valence-electron chi connectivity index (χ4n) is 5.42. The highest BCUT2D eigenvalue weighted by atomic mass is 16.2. The molecule has 0 bridgehead atoms. The van der Waals surface area contributed by atoms with E-state index in [4.69, 9.17) is 10.7 Å². The lowest BCUT2D eigenvalue weighted by Crippen LogP contribution is -2.41. The molecule has 2 saturated carbocycles. The first-order valence-corrected chi connectivity index (χ1v) is 14.2. The standard InChI is InChI=1S/C33H40N4O2/c1-32(2,34)25-13-11-24(12-14-25)30-28(23-7-5-4-6-8-23)20-27(21-35-30)36-29(38)19-22-9-15-26(16-10-22)37-31(39)33(3)17-18-33/h4-8,11-14,20-22,26H,9-10,15-19,34H2,1-3H3,(H,36,38)(H,37,39). The second kappa shape index (κ2) is 10.9. The summed E-state index contributed by atoms with van der Waals surface area (Å²) in [7, 11) is 0. The molecule has 0 atom stereocenters. The van der Waals surface area contributed by atoms with Gasteiger partial charge in [0, 0.05) is 34.5 Å². The summed E-state index contributed by atoms with van der Waals surface area (Å²) in [5.41, 5.74) is 11.3. The lowest BCUT2D eigenvalue weighted by Gasteiger charge is -2.29. The predicted octanol–water partition coefficient (Wildman–Crippen LogP) is 6.41. The maximum atomic E-state index is 13.0. The van der Waals surface area contributed by atoms with Crippen molar-refractivity contribution in [1.82, 2.24) is 10.3 Å². The molecule has 0 radical (unpaired) electrons. The largest absolute Gasteiger partial charge is 0.353 e. The Hall–Kier alpha value is -3.51. The number of aromatic nitrogens is 1. The Kier molecular flexibility index (Phi) is 7.59. The van der Waals surface area contributed by atoms with Crippen LogP contribution in [-0.2, 0) is 15.1 Å². The van der Waals surface area contributed by atoms with Crippen LogP contribution in [-0.4, -0.2) is 22.8 Å². The van der Waals surface area contributed by atoms with Crippen LogP contribution in [0.15, 0.2) is 66.9 Å². The van der Waals surface area contributed by atoms with Crippen LogP contribution in [0.2, 0.25) is 0 Å². The van der Waals surface area contributed by atoms with Gasteiger partial charge in [0.25, 0.3) is 0 Å². The van der Waals surface area contributed by atoms with E-state index < -0.39 is 5.54 Å². The molecular weight excluding hydrogens is 484 g/mol. The van der Waals surface area contributed by atoms with Crippen molar-refractivity contribution in [1.29, 1.82) is 0 Å². The van der Waals surface area contributed by atoms with Gasteiger partial charge in [-0.25, -0.2) is 0 Å². The summed E-state index contributed by atoms with van der Waals surface area (Å²) in [6, 6.07) is 20.6. The van der Waals surface area contributed by atoms with Gasteiger partial charge >= 0.3 is 0 Å². The van der Waals surface area contributed by atoms with Gasteiger partial charge in [0.15, 0.2) is 0 Å². The molecule has 0 spiro atoms. The van der Waals surface area contributed by atoms with E-state index in [9.17, 15) is 9.59 Å². The first-order valence-electron chi connectivity index (χ1n) is 14.2. The Balaban J connectivity index is 1.25. The van der Waals surface area contributed by atoms with Crippen LogP contribution in [0.1, 0.15) is 71.3 Å². The lowest BCUT2D eigenvalue weighted by molar-refractivity contribution is -0.127. The van der Waals surface area contributed by atoms with Gasteiger partial charge in [-0.05, 0) is 75.5 Å². The van der Waals surface area contributed by atoms with E-state index in [1.54, 1.807) is 6.20 Å². The quantitative estimate of drug-likeness (QED) is 0.317. The molecule has 2 amide bonds. The minimum atomic E-state index is -0.412. The molecule has 1 aromatic heterocycles. The molecule has 6 heteroatoms. The topological polar surface area (TPSA) is 97.1 Å². The Morgan fingerprint density at radius 3 is 2.26 bits per heavy atom. The summed E-state index contributed by atoms with van der Waals surface area (Å²) in [6.45, 7) is 6.03. The van der Waals surface area contributed by atoms with Crippen LogP contribution in [0, 0.1) is 11.3 Å². The number of hydrogen-bond acceptors (Lipinski definition) is 4. The molecule has 0 unspecified atom stereocenters. The van der Waals surface area contributed by atoms with E-state index in [0.29, 0.717) is 18.0 Å². The van der Waals surface area contributed by atoms with Gasteiger partial charge < -0.3 is 16.4 Å². The number of nitrogens with two attached hydrogens (primary N) is 1. The number of carbonyl (C=O) groups excluding carboxylic acids is 2. The maximum absolute atomic E-state index is 13.0. The molecule has 2 aromatic carbocycles. The molecule has 2 aliphatic rings. The van der Waals surface area contributed by atoms with Crippen molar-refractivity contribution in [2.75, 3.05) is 5.32 Å². The molecule has 0 aliphatic heterocycles. The van der Waals surface area contributed by atoms with Gasteiger partial charge in [-0.2, -0.15) is 0 Å². The molecule has 39 heavy (non-hydrogen) atoms. The number of nitrogens with one attached hydrogen (secondary N) is 2. The van der Waals surface area contributed by atoms with Gasteiger partial charge in [-0.1, -0.05) is 61.5 Å². The van der Waals surface area contributed by atoms with Crippen molar-refractivity contribution in [3.05, 3.63) is 72.4 Å². The fraction of sp³-hybridized carbons (Fsp3) is 0.424. The SMILES string of the molecule is CC1(C(=O)NC2CCC(CC(=O)Nc3cnc(-c4ccc(C(C)(C)N)cc4)c(-c4ccccc4)c3)CC2)CC1. The van der Waals surface area contributed by atoms with Crippen LogP contribution >= 0.6 is 0 Å². The van der Waals surface area contributed by atoms with Crippen molar-refractivity contribution in [3.8, 4) is 22.4 Å². The van der Waals surface area contributed by atoms with Crippen molar-refractivity contribution in [2.45, 2.75) is 77.3 Å². The Morgan fingerprint density at radius 1 is 0.974 bits per heavy atom. The third-order valence-corrected chi connectivity index (χ3v) is 8.36. The van der Waals surface area contributed by atoms with Gasteiger partial charge in [-0.15, -0.1) is 0 Å². The van der Waals surface area contributed by atoms with E-state index >= 15 is 0 Å². The molecule has 2 aliphatic carbocycles. The molecule has 0 saturated heterocycles. The number of rotatable bonds is 8. The first-order chi connectivity index (χ1) is 18.6. The highest BCUT2D eigenvalue weighted by Gasteiger charge is 2.45.